The summed E-state index contributed by atoms with van der Waals surface area (Å²) in [5.74, 6) is -1.51. The molecule has 25 nitrogen and oxygen atoms in total. The topological polar surface area (TPSA) is 364 Å². The van der Waals surface area contributed by atoms with E-state index in [2.05, 4.69) is 36.4 Å². The minimum Gasteiger partial charge on any atom is -0.455 e. The molecule has 9 N–H and O–H groups in total. The maximum absolute atomic E-state index is 13.7. The first kappa shape index (κ1) is 44.9. The molecule has 9 atom stereocenters. The molecule has 318 valence electrons. The Labute approximate surface area is 332 Å². The van der Waals surface area contributed by atoms with Gasteiger partial charge in [0.25, 0.3) is 0 Å². The standard InChI is InChI=1S/C30H41N9O16P2S/c1-3-5-6-20(40)36-15(9-22(41)58-4-2)29(43)54-25-18(53-28(24(25)42)39-14-35-23-26(32)33-13-34-27(23)39)12-51-57(48,49)55-16-10-21(38-8-7-19(31)37-30(38)44)52-17(16)11-50-56(45,46)47/h3,7-8,13-18,21,24-25,28,42H,1,4-6,9-12H2,2H3,(H,36,40)(H,48,49)(H2,31,37,44)(H2,32,33,34)(H2,45,46,47)/t15-,16+,17-,18?,21-,24?,25?,28?/m1/s1. The van der Waals surface area contributed by atoms with Gasteiger partial charge in [0.2, 0.25) is 5.91 Å². The number of fused-ring (bicyclic) bond motifs is 1. The highest BCUT2D eigenvalue weighted by Crippen LogP contribution is 2.50. The molecule has 2 saturated heterocycles. The average Bonchev–Trinajstić information content (AvgIpc) is 3.84. The molecule has 2 aliphatic rings. The van der Waals surface area contributed by atoms with Gasteiger partial charge in [-0.3, -0.25) is 32.3 Å². The van der Waals surface area contributed by atoms with Gasteiger partial charge in [0.1, 0.15) is 54.3 Å². The molecule has 0 aromatic carbocycles. The van der Waals surface area contributed by atoms with Crippen LogP contribution in [0.4, 0.5) is 11.6 Å². The molecule has 0 saturated carbocycles. The molecule has 3 aromatic heterocycles. The fraction of sp³-hybridized carbons (Fsp3) is 0.533. The number of imidazole rings is 1. The summed E-state index contributed by atoms with van der Waals surface area (Å²) in [6.45, 7) is 3.48. The Balaban J connectivity index is 1.38. The third-order valence-electron chi connectivity index (χ3n) is 8.51. The van der Waals surface area contributed by atoms with Crippen molar-refractivity contribution in [1.82, 2.24) is 34.4 Å². The molecular weight excluding hydrogens is 836 g/mol. The molecule has 5 heterocycles. The van der Waals surface area contributed by atoms with Crippen molar-refractivity contribution >= 4 is 67.2 Å². The number of hydrogen-bond acceptors (Lipinski definition) is 20. The third kappa shape index (κ3) is 11.5. The second kappa shape index (κ2) is 19.3. The van der Waals surface area contributed by atoms with E-state index in [4.69, 9.17) is 34.7 Å². The first-order valence-corrected chi connectivity index (χ1v) is 21.3. The molecule has 0 radical (unpaired) electrons. The van der Waals surface area contributed by atoms with Crippen LogP contribution in [0.2, 0.25) is 0 Å². The molecule has 3 aromatic rings. The van der Waals surface area contributed by atoms with Gasteiger partial charge >= 0.3 is 27.3 Å². The molecule has 0 bridgehead atoms. The summed E-state index contributed by atoms with van der Waals surface area (Å²) < 4.78 is 59.6. The van der Waals surface area contributed by atoms with Gasteiger partial charge in [0, 0.05) is 25.5 Å². The zero-order valence-electron chi connectivity index (χ0n) is 30.5. The average molecular weight is 878 g/mol. The number of nitrogens with two attached hydrogens (primary N) is 2. The second-order valence-corrected chi connectivity index (χ2v) is 16.6. The summed E-state index contributed by atoms with van der Waals surface area (Å²) in [6.07, 6.45) is -6.30. The fourth-order valence-electron chi connectivity index (χ4n) is 5.90. The quantitative estimate of drug-likeness (QED) is 0.0451. The Morgan fingerprint density at radius 2 is 1.86 bits per heavy atom. The van der Waals surface area contributed by atoms with E-state index in [1.54, 1.807) is 6.92 Å². The first-order valence-electron chi connectivity index (χ1n) is 17.3. The number of anilines is 2. The number of carbonyl (C=O) groups is 3. The number of ether oxygens (including phenoxy) is 3. The molecule has 0 aliphatic carbocycles. The Bertz CT molecular complexity index is 2140. The largest absolute Gasteiger partial charge is 0.472 e. The van der Waals surface area contributed by atoms with Crippen molar-refractivity contribution in [3.05, 3.63) is 48.1 Å². The van der Waals surface area contributed by atoms with E-state index >= 15 is 0 Å². The van der Waals surface area contributed by atoms with Crippen LogP contribution < -0.4 is 22.5 Å². The van der Waals surface area contributed by atoms with Gasteiger partial charge in [0.05, 0.1) is 19.5 Å². The number of nitrogens with zero attached hydrogens (tertiary/aromatic N) is 6. The molecule has 1 amide bonds. The molecular formula is C30H41N9O16P2S. The van der Waals surface area contributed by atoms with E-state index in [0.29, 0.717) is 5.75 Å². The van der Waals surface area contributed by atoms with Crippen LogP contribution in [-0.2, 0) is 51.3 Å². The number of aliphatic hydroxyl groups excluding tert-OH is 1. The van der Waals surface area contributed by atoms with E-state index in [0.717, 1.165) is 22.7 Å². The van der Waals surface area contributed by atoms with Crippen molar-refractivity contribution in [3.63, 3.8) is 0 Å². The van der Waals surface area contributed by atoms with Gasteiger partial charge in [-0.15, -0.1) is 6.58 Å². The van der Waals surface area contributed by atoms with Gasteiger partial charge in [-0.1, -0.05) is 24.8 Å². The Kier molecular flexibility index (Phi) is 14.9. The zero-order valence-corrected chi connectivity index (χ0v) is 33.1. The number of thioether (sulfide) groups is 1. The number of phosphoric ester groups is 2. The maximum Gasteiger partial charge on any atom is 0.472 e. The van der Waals surface area contributed by atoms with Crippen LogP contribution in [-0.4, -0.2) is 121 Å². The van der Waals surface area contributed by atoms with Crippen LogP contribution in [0.3, 0.4) is 0 Å². The Hall–Kier alpha value is -4.17. The van der Waals surface area contributed by atoms with Gasteiger partial charge in [-0.2, -0.15) is 4.98 Å². The number of carbonyl (C=O) groups excluding carboxylic acids is 3. The Morgan fingerprint density at radius 1 is 1.12 bits per heavy atom. The molecule has 5 rings (SSSR count). The lowest BCUT2D eigenvalue weighted by Crippen LogP contribution is -2.47. The van der Waals surface area contributed by atoms with Gasteiger partial charge in [0.15, 0.2) is 28.9 Å². The number of amides is 1. The number of allylic oxidation sites excluding steroid dienone is 1. The minimum absolute atomic E-state index is 0.0118. The smallest absolute Gasteiger partial charge is 0.455 e. The maximum atomic E-state index is 13.7. The monoisotopic (exact) mass is 877 g/mol. The van der Waals surface area contributed by atoms with E-state index < -0.39 is 107 Å². The number of rotatable bonds is 19. The molecule has 58 heavy (non-hydrogen) atoms. The summed E-state index contributed by atoms with van der Waals surface area (Å²) in [5, 5.41) is 13.6. The third-order valence-corrected chi connectivity index (χ3v) is 10.8. The minimum atomic E-state index is -5.24. The SMILES string of the molecule is C=CCCC(=O)N[C@H](CC(=O)SCC)C(=O)OC1C(COP(=O)(O)O[C@H]2C[C@H](n3ccc(N)nc3=O)O[C@@H]2COP(=O)(O)O)OC(n2cnc3c(N)ncnc32)C1O. The fourth-order valence-corrected chi connectivity index (χ4v) is 7.81. The number of aliphatic hydroxyl groups is 1. The van der Waals surface area contributed by atoms with E-state index in [-0.39, 0.29) is 42.1 Å². The Morgan fingerprint density at radius 3 is 2.55 bits per heavy atom. The molecule has 5 unspecified atom stereocenters. The molecule has 28 heteroatoms. The highest BCUT2D eigenvalue weighted by molar-refractivity contribution is 8.13. The number of nitrogens with one attached hydrogen (secondary N) is 1. The number of nitrogen functional groups attached to an aromatic ring is 2. The van der Waals surface area contributed by atoms with Crippen molar-refractivity contribution < 1.29 is 71.1 Å². The lowest BCUT2D eigenvalue weighted by atomic mass is 10.1. The number of esters is 1. The van der Waals surface area contributed by atoms with Crippen molar-refractivity contribution in [2.75, 3.05) is 30.4 Å². The normalized spacial score (nSPS) is 24.9. The highest BCUT2D eigenvalue weighted by Gasteiger charge is 2.50. The second-order valence-electron chi connectivity index (χ2n) is 12.6. The van der Waals surface area contributed by atoms with Crippen molar-refractivity contribution in [3.8, 4) is 0 Å². The van der Waals surface area contributed by atoms with Crippen LogP contribution in [0, 0.1) is 0 Å². The van der Waals surface area contributed by atoms with E-state index in [1.165, 1.54) is 29.2 Å². The molecule has 2 fully saturated rings. The van der Waals surface area contributed by atoms with Crippen molar-refractivity contribution in [1.29, 1.82) is 0 Å². The lowest BCUT2D eigenvalue weighted by Gasteiger charge is -2.25. The van der Waals surface area contributed by atoms with Crippen LogP contribution in [0.15, 0.2) is 42.4 Å². The number of aromatic nitrogens is 6. The predicted molar refractivity (Wildman–Crippen MR) is 199 cm³/mol. The van der Waals surface area contributed by atoms with E-state index in [1.807, 2.05) is 0 Å². The van der Waals surface area contributed by atoms with Crippen LogP contribution in [0.5, 0.6) is 0 Å². The van der Waals surface area contributed by atoms with Crippen molar-refractivity contribution in [2.45, 2.75) is 81.6 Å². The van der Waals surface area contributed by atoms with Gasteiger partial charge < -0.3 is 50.8 Å². The zero-order chi connectivity index (χ0) is 42.4. The highest BCUT2D eigenvalue weighted by atomic mass is 32.2. The summed E-state index contributed by atoms with van der Waals surface area (Å²) in [4.78, 5) is 96.5. The van der Waals surface area contributed by atoms with Crippen LogP contribution in [0.25, 0.3) is 11.2 Å². The molecule has 0 spiro atoms. The van der Waals surface area contributed by atoms with Crippen LogP contribution >= 0.6 is 27.4 Å². The van der Waals surface area contributed by atoms with Gasteiger partial charge in [-0.25, -0.2) is 33.7 Å². The lowest BCUT2D eigenvalue weighted by molar-refractivity contribution is -0.160. The number of hydrogen-bond donors (Lipinski definition) is 7. The van der Waals surface area contributed by atoms with Crippen LogP contribution in [0.1, 0.15) is 45.1 Å². The number of phosphoric acid groups is 2. The summed E-state index contributed by atoms with van der Waals surface area (Å²) >= 11 is 0.901. The van der Waals surface area contributed by atoms with E-state index in [9.17, 15) is 48.1 Å². The predicted octanol–water partition coefficient (Wildman–Crippen LogP) is -0.562. The summed E-state index contributed by atoms with van der Waals surface area (Å²) in [6, 6.07) is -0.251. The molecule has 2 aliphatic heterocycles. The summed E-state index contributed by atoms with van der Waals surface area (Å²) in [5.41, 5.74) is 10.8. The van der Waals surface area contributed by atoms with Crippen molar-refractivity contribution in [2.24, 2.45) is 0 Å². The first-order chi connectivity index (χ1) is 27.4. The van der Waals surface area contributed by atoms with Gasteiger partial charge in [-0.05, 0) is 18.2 Å². The summed E-state index contributed by atoms with van der Waals surface area (Å²) in [7, 11) is -10.3.